The molecule has 1 unspecified atom stereocenters. The molecule has 27 heavy (non-hydrogen) atoms. The van der Waals surface area contributed by atoms with Crippen LogP contribution in [0.3, 0.4) is 0 Å². The molecule has 1 aromatic heterocycles. The van der Waals surface area contributed by atoms with E-state index in [2.05, 4.69) is 15.0 Å². The smallest absolute Gasteiger partial charge is 0.231 e. The van der Waals surface area contributed by atoms with Gasteiger partial charge in [-0.15, -0.1) is 0 Å². The first-order valence-electron chi connectivity index (χ1n) is 9.32. The Kier molecular flexibility index (Phi) is 5.71. The molecule has 7 nitrogen and oxygen atoms in total. The minimum absolute atomic E-state index is 0.0842. The molecule has 2 aromatic rings. The highest BCUT2D eigenvalue weighted by atomic mass is 35.5. The second-order valence-electron chi connectivity index (χ2n) is 7.07. The lowest BCUT2D eigenvalue weighted by Crippen LogP contribution is -2.38. The third-order valence-electron chi connectivity index (χ3n) is 5.09. The van der Waals surface area contributed by atoms with Gasteiger partial charge in [0.25, 0.3) is 0 Å². The van der Waals surface area contributed by atoms with E-state index < -0.39 is 0 Å². The van der Waals surface area contributed by atoms with Crippen molar-refractivity contribution >= 4 is 17.5 Å². The summed E-state index contributed by atoms with van der Waals surface area (Å²) < 4.78 is 10.9. The van der Waals surface area contributed by atoms with E-state index in [4.69, 9.17) is 20.9 Å². The molecule has 2 saturated heterocycles. The van der Waals surface area contributed by atoms with Crippen molar-refractivity contribution in [1.82, 2.24) is 19.9 Å². The van der Waals surface area contributed by atoms with Gasteiger partial charge in [0.05, 0.1) is 25.7 Å². The standard InChI is InChI=1S/C19H23ClN4O3/c20-16-4-1-14(2-5-16)11-24-12-15(3-6-18(24)25)19-21-17(22-27-19)13-23-7-9-26-10-8-23/h1-2,4-5,15H,3,6-13H2. The second-order valence-corrected chi connectivity index (χ2v) is 7.51. The number of hydrogen-bond donors (Lipinski definition) is 0. The lowest BCUT2D eigenvalue weighted by Gasteiger charge is -2.31. The van der Waals surface area contributed by atoms with Crippen molar-refractivity contribution in [3.63, 3.8) is 0 Å². The predicted molar refractivity (Wildman–Crippen MR) is 99.2 cm³/mol. The van der Waals surface area contributed by atoms with E-state index >= 15 is 0 Å². The SMILES string of the molecule is O=C1CCC(c2nc(CN3CCOCC3)no2)CN1Cc1ccc(Cl)cc1. The topological polar surface area (TPSA) is 71.7 Å². The van der Waals surface area contributed by atoms with Gasteiger partial charge in [0.15, 0.2) is 5.82 Å². The number of hydrogen-bond acceptors (Lipinski definition) is 6. The van der Waals surface area contributed by atoms with Crippen molar-refractivity contribution in [1.29, 1.82) is 0 Å². The molecule has 0 saturated carbocycles. The maximum absolute atomic E-state index is 12.3. The van der Waals surface area contributed by atoms with Crippen LogP contribution in [0.5, 0.6) is 0 Å². The second kappa shape index (κ2) is 8.37. The molecule has 2 aliphatic heterocycles. The third kappa shape index (κ3) is 4.66. The number of rotatable bonds is 5. The van der Waals surface area contributed by atoms with E-state index in [1.165, 1.54) is 0 Å². The van der Waals surface area contributed by atoms with Crippen molar-refractivity contribution in [2.45, 2.75) is 31.8 Å². The van der Waals surface area contributed by atoms with Gasteiger partial charge in [0.1, 0.15) is 0 Å². The van der Waals surface area contributed by atoms with Crippen molar-refractivity contribution in [2.24, 2.45) is 0 Å². The minimum atomic E-state index is 0.0842. The van der Waals surface area contributed by atoms with Crippen LogP contribution in [0.25, 0.3) is 0 Å². The molecule has 3 heterocycles. The van der Waals surface area contributed by atoms with E-state index in [0.29, 0.717) is 42.8 Å². The summed E-state index contributed by atoms with van der Waals surface area (Å²) in [6.07, 6.45) is 1.24. The first-order chi connectivity index (χ1) is 13.2. The lowest BCUT2D eigenvalue weighted by molar-refractivity contribution is -0.134. The van der Waals surface area contributed by atoms with Gasteiger partial charge < -0.3 is 14.2 Å². The minimum Gasteiger partial charge on any atom is -0.379 e. The molecule has 1 atom stereocenters. The highest BCUT2D eigenvalue weighted by Crippen LogP contribution is 2.28. The number of halogens is 1. The number of likely N-dealkylation sites (tertiary alicyclic amines) is 1. The first kappa shape index (κ1) is 18.4. The average molecular weight is 391 g/mol. The van der Waals surface area contributed by atoms with E-state index in [0.717, 1.165) is 38.3 Å². The van der Waals surface area contributed by atoms with Crippen LogP contribution in [0.15, 0.2) is 28.8 Å². The van der Waals surface area contributed by atoms with E-state index in [1.54, 1.807) is 0 Å². The maximum atomic E-state index is 12.3. The Bertz CT molecular complexity index is 774. The number of benzene rings is 1. The van der Waals surface area contributed by atoms with Gasteiger partial charge in [0, 0.05) is 37.6 Å². The number of morpholine rings is 1. The highest BCUT2D eigenvalue weighted by molar-refractivity contribution is 6.30. The molecule has 0 radical (unpaired) electrons. The summed E-state index contributed by atoms with van der Waals surface area (Å²) in [5.74, 6) is 1.58. The molecule has 2 fully saturated rings. The predicted octanol–water partition coefficient (Wildman–Crippen LogP) is 2.46. The molecule has 8 heteroatoms. The Labute approximate surface area is 163 Å². The molecule has 2 aliphatic rings. The zero-order valence-electron chi connectivity index (χ0n) is 15.1. The fourth-order valence-corrected chi connectivity index (χ4v) is 3.66. The third-order valence-corrected chi connectivity index (χ3v) is 5.34. The number of carbonyl (C=O) groups is 1. The normalized spacial score (nSPS) is 21.6. The van der Waals surface area contributed by atoms with Crippen molar-refractivity contribution in [3.05, 3.63) is 46.6 Å². The van der Waals surface area contributed by atoms with Crippen LogP contribution >= 0.6 is 11.6 Å². The molecule has 1 amide bonds. The van der Waals surface area contributed by atoms with Gasteiger partial charge >= 0.3 is 0 Å². The molecule has 4 rings (SSSR count). The van der Waals surface area contributed by atoms with Gasteiger partial charge in [-0.1, -0.05) is 28.9 Å². The Hall–Kier alpha value is -1.96. The van der Waals surface area contributed by atoms with Crippen LogP contribution in [0.2, 0.25) is 5.02 Å². The van der Waals surface area contributed by atoms with Crippen LogP contribution < -0.4 is 0 Å². The summed E-state index contributed by atoms with van der Waals surface area (Å²) in [6.45, 7) is 5.10. The van der Waals surface area contributed by atoms with E-state index in [-0.39, 0.29) is 11.8 Å². The van der Waals surface area contributed by atoms with Crippen LogP contribution in [-0.4, -0.2) is 58.7 Å². The van der Waals surface area contributed by atoms with Crippen LogP contribution in [0, 0.1) is 0 Å². The first-order valence-corrected chi connectivity index (χ1v) is 9.70. The largest absolute Gasteiger partial charge is 0.379 e. The monoisotopic (exact) mass is 390 g/mol. The Morgan fingerprint density at radius 2 is 1.93 bits per heavy atom. The Morgan fingerprint density at radius 1 is 1.15 bits per heavy atom. The Morgan fingerprint density at radius 3 is 2.70 bits per heavy atom. The summed E-state index contributed by atoms with van der Waals surface area (Å²) in [6, 6.07) is 7.59. The molecule has 144 valence electrons. The highest BCUT2D eigenvalue weighted by Gasteiger charge is 2.30. The summed E-state index contributed by atoms with van der Waals surface area (Å²) in [4.78, 5) is 21.0. The van der Waals surface area contributed by atoms with Crippen molar-refractivity contribution in [2.75, 3.05) is 32.8 Å². The van der Waals surface area contributed by atoms with Gasteiger partial charge in [-0.3, -0.25) is 9.69 Å². The number of aromatic nitrogens is 2. The van der Waals surface area contributed by atoms with Gasteiger partial charge in [-0.2, -0.15) is 4.98 Å². The number of piperidine rings is 1. The fraction of sp³-hybridized carbons (Fsp3) is 0.526. The molecule has 0 aliphatic carbocycles. The average Bonchev–Trinajstić information content (AvgIpc) is 3.14. The number of nitrogens with zero attached hydrogens (tertiary/aromatic N) is 4. The van der Waals surface area contributed by atoms with Crippen LogP contribution in [-0.2, 0) is 22.6 Å². The quantitative estimate of drug-likeness (QED) is 0.781. The molecule has 0 spiro atoms. The number of amides is 1. The zero-order valence-corrected chi connectivity index (χ0v) is 15.9. The molecule has 1 aromatic carbocycles. The summed E-state index contributed by atoms with van der Waals surface area (Å²) in [5.41, 5.74) is 1.06. The van der Waals surface area contributed by atoms with Gasteiger partial charge in [-0.25, -0.2) is 0 Å². The van der Waals surface area contributed by atoms with Crippen molar-refractivity contribution in [3.8, 4) is 0 Å². The summed E-state index contributed by atoms with van der Waals surface area (Å²) in [5, 5.41) is 4.83. The summed E-state index contributed by atoms with van der Waals surface area (Å²) >= 11 is 5.94. The van der Waals surface area contributed by atoms with E-state index in [1.807, 2.05) is 29.2 Å². The molecular weight excluding hydrogens is 368 g/mol. The number of ether oxygens (including phenoxy) is 1. The lowest BCUT2D eigenvalue weighted by atomic mass is 9.97. The number of carbonyl (C=O) groups excluding carboxylic acids is 1. The van der Waals surface area contributed by atoms with E-state index in [9.17, 15) is 4.79 Å². The fourth-order valence-electron chi connectivity index (χ4n) is 3.54. The molecular formula is C19H23ClN4O3. The summed E-state index contributed by atoms with van der Waals surface area (Å²) in [7, 11) is 0. The van der Waals surface area contributed by atoms with Crippen LogP contribution in [0.1, 0.15) is 36.0 Å². The Balaban J connectivity index is 1.38. The zero-order chi connectivity index (χ0) is 18.6. The molecule has 0 N–H and O–H groups in total. The van der Waals surface area contributed by atoms with Crippen molar-refractivity contribution < 1.29 is 14.1 Å². The maximum Gasteiger partial charge on any atom is 0.231 e. The molecule has 0 bridgehead atoms. The van der Waals surface area contributed by atoms with Crippen LogP contribution in [0.4, 0.5) is 0 Å². The van der Waals surface area contributed by atoms with Gasteiger partial charge in [-0.05, 0) is 24.1 Å². The van der Waals surface area contributed by atoms with Gasteiger partial charge in [0.2, 0.25) is 11.8 Å².